The van der Waals surface area contributed by atoms with Gasteiger partial charge in [0.1, 0.15) is 11.6 Å². The van der Waals surface area contributed by atoms with Crippen molar-refractivity contribution in [3.63, 3.8) is 0 Å². The molecule has 1 N–H and O–H groups in total. The van der Waals surface area contributed by atoms with Crippen molar-refractivity contribution < 1.29 is 18.7 Å². The summed E-state index contributed by atoms with van der Waals surface area (Å²) in [4.78, 5) is 14.0. The molecule has 0 saturated carbocycles. The summed E-state index contributed by atoms with van der Waals surface area (Å²) in [5, 5.41) is 14.0. The molecule has 1 fully saturated rings. The number of aryl methyl sites for hydroxylation is 1. The Morgan fingerprint density at radius 3 is 2.91 bits per heavy atom. The molecule has 1 saturated heterocycles. The normalized spacial score (nSPS) is 21.0. The van der Waals surface area contributed by atoms with E-state index in [-0.39, 0.29) is 24.4 Å². The topological polar surface area (TPSA) is 58.4 Å². The monoisotopic (exact) mass is 321 g/mol. The van der Waals surface area contributed by atoms with E-state index in [2.05, 4.69) is 5.10 Å². The molecule has 2 atom stereocenters. The van der Waals surface area contributed by atoms with Crippen LogP contribution in [-0.4, -0.2) is 38.3 Å². The maximum atomic E-state index is 14.0. The summed E-state index contributed by atoms with van der Waals surface area (Å²) in [6, 6.07) is 2.45. The molecule has 2 aromatic rings. The van der Waals surface area contributed by atoms with Crippen LogP contribution in [0.15, 0.2) is 30.6 Å². The van der Waals surface area contributed by atoms with Gasteiger partial charge in [-0.25, -0.2) is 8.78 Å². The van der Waals surface area contributed by atoms with Crippen molar-refractivity contribution in [1.29, 1.82) is 0 Å². The fourth-order valence-corrected chi connectivity index (χ4v) is 2.92. The molecule has 0 spiro atoms. The number of aliphatic hydroxyl groups is 1. The number of carbonyl (C=O) groups is 1. The van der Waals surface area contributed by atoms with E-state index in [4.69, 9.17) is 0 Å². The minimum absolute atomic E-state index is 0.0801. The van der Waals surface area contributed by atoms with Gasteiger partial charge in [0.25, 0.3) is 5.91 Å². The molecule has 1 aliphatic heterocycles. The first-order valence-corrected chi connectivity index (χ1v) is 7.46. The summed E-state index contributed by atoms with van der Waals surface area (Å²) >= 11 is 0. The van der Waals surface area contributed by atoms with Crippen molar-refractivity contribution in [2.45, 2.75) is 32.0 Å². The van der Waals surface area contributed by atoms with E-state index >= 15 is 0 Å². The number of β-amino-alcohol motifs (C(OH)–C–C–N with tert-alkyl or cyclic N) is 1. The minimum atomic E-state index is -0.771. The Morgan fingerprint density at radius 1 is 1.43 bits per heavy atom. The molecule has 1 aliphatic rings. The molecule has 2 unspecified atom stereocenters. The van der Waals surface area contributed by atoms with Gasteiger partial charge in [0.15, 0.2) is 0 Å². The van der Waals surface area contributed by atoms with Crippen LogP contribution in [0.5, 0.6) is 0 Å². The number of likely N-dealkylation sites (tertiary alicyclic amines) is 1. The van der Waals surface area contributed by atoms with Crippen LogP contribution in [0, 0.1) is 11.6 Å². The van der Waals surface area contributed by atoms with Gasteiger partial charge in [0, 0.05) is 24.8 Å². The number of carbonyl (C=O) groups excluding carboxylic acids is 1. The lowest BCUT2D eigenvalue weighted by molar-refractivity contribution is 0.0713. The second-order valence-corrected chi connectivity index (χ2v) is 5.61. The van der Waals surface area contributed by atoms with E-state index in [1.807, 2.05) is 6.92 Å². The van der Waals surface area contributed by atoms with Crippen LogP contribution in [0.1, 0.15) is 35.3 Å². The summed E-state index contributed by atoms with van der Waals surface area (Å²) in [5.74, 6) is -1.52. The molecule has 122 valence electrons. The quantitative estimate of drug-likeness (QED) is 0.942. The molecule has 0 bridgehead atoms. The Balaban J connectivity index is 1.93. The van der Waals surface area contributed by atoms with E-state index in [1.54, 1.807) is 10.9 Å². The van der Waals surface area contributed by atoms with Crippen molar-refractivity contribution in [2.24, 2.45) is 0 Å². The maximum Gasteiger partial charge on any atom is 0.257 e. The molecule has 2 heterocycles. The number of halogens is 2. The molecular formula is C16H17F2N3O2. The van der Waals surface area contributed by atoms with Gasteiger partial charge in [0.2, 0.25) is 0 Å². The van der Waals surface area contributed by atoms with Gasteiger partial charge in [-0.05, 0) is 31.5 Å². The SMILES string of the molecule is CCn1cc(C(=O)N2CC(O)CC2c2cc(F)ccc2F)cn1. The van der Waals surface area contributed by atoms with Gasteiger partial charge >= 0.3 is 0 Å². The highest BCUT2D eigenvalue weighted by molar-refractivity contribution is 5.94. The van der Waals surface area contributed by atoms with Crippen LogP contribution in [0.3, 0.4) is 0 Å². The van der Waals surface area contributed by atoms with Crippen LogP contribution in [0.25, 0.3) is 0 Å². The van der Waals surface area contributed by atoms with Crippen LogP contribution < -0.4 is 0 Å². The first kappa shape index (κ1) is 15.6. The Morgan fingerprint density at radius 2 is 2.22 bits per heavy atom. The summed E-state index contributed by atoms with van der Waals surface area (Å²) < 4.78 is 29.1. The van der Waals surface area contributed by atoms with Crippen molar-refractivity contribution >= 4 is 5.91 Å². The molecule has 0 radical (unpaired) electrons. The zero-order chi connectivity index (χ0) is 16.6. The van der Waals surface area contributed by atoms with Gasteiger partial charge < -0.3 is 10.0 Å². The van der Waals surface area contributed by atoms with Crippen LogP contribution in [0.4, 0.5) is 8.78 Å². The van der Waals surface area contributed by atoms with Gasteiger partial charge in [-0.15, -0.1) is 0 Å². The smallest absolute Gasteiger partial charge is 0.257 e. The highest BCUT2D eigenvalue weighted by atomic mass is 19.1. The number of benzene rings is 1. The summed E-state index contributed by atoms with van der Waals surface area (Å²) in [6.45, 7) is 2.60. The molecule has 1 aromatic carbocycles. The zero-order valence-electron chi connectivity index (χ0n) is 12.6. The number of rotatable bonds is 3. The zero-order valence-corrected chi connectivity index (χ0v) is 12.6. The maximum absolute atomic E-state index is 14.0. The first-order chi connectivity index (χ1) is 11.0. The summed E-state index contributed by atoms with van der Waals surface area (Å²) in [7, 11) is 0. The third-order valence-electron chi connectivity index (χ3n) is 4.06. The number of nitrogens with zero attached hydrogens (tertiary/aromatic N) is 3. The predicted molar refractivity (Wildman–Crippen MR) is 78.7 cm³/mol. The Labute approximate surface area is 132 Å². The van der Waals surface area contributed by atoms with Crippen molar-refractivity contribution in [2.75, 3.05) is 6.54 Å². The molecule has 7 heteroatoms. The van der Waals surface area contributed by atoms with Gasteiger partial charge in [-0.3, -0.25) is 9.48 Å². The van der Waals surface area contributed by atoms with Crippen molar-refractivity contribution in [1.82, 2.24) is 14.7 Å². The molecular weight excluding hydrogens is 304 g/mol. The fourth-order valence-electron chi connectivity index (χ4n) is 2.92. The second kappa shape index (κ2) is 6.08. The summed E-state index contributed by atoms with van der Waals surface area (Å²) in [6.07, 6.45) is 2.45. The molecule has 1 amide bonds. The largest absolute Gasteiger partial charge is 0.391 e. The van der Waals surface area contributed by atoms with Gasteiger partial charge in [-0.1, -0.05) is 0 Å². The Kier molecular flexibility index (Phi) is 4.12. The molecule has 0 aliphatic carbocycles. The van der Waals surface area contributed by atoms with E-state index in [0.717, 1.165) is 18.2 Å². The fraction of sp³-hybridized carbons (Fsp3) is 0.375. The molecule has 3 rings (SSSR count). The number of amides is 1. The lowest BCUT2D eigenvalue weighted by atomic mass is 10.0. The van der Waals surface area contributed by atoms with E-state index in [0.29, 0.717) is 12.1 Å². The standard InChI is InChI=1S/C16H17F2N3O2/c1-2-20-8-10(7-19-20)16(23)21-9-12(22)6-15(21)13-5-11(17)3-4-14(13)18/h3-5,7-8,12,15,22H,2,6,9H2,1H3. The average Bonchev–Trinajstić information content (AvgIpc) is 3.15. The highest BCUT2D eigenvalue weighted by Gasteiger charge is 2.37. The average molecular weight is 321 g/mol. The van der Waals surface area contributed by atoms with Crippen molar-refractivity contribution in [3.8, 4) is 0 Å². The number of hydrogen-bond donors (Lipinski definition) is 1. The molecule has 1 aromatic heterocycles. The molecule has 5 nitrogen and oxygen atoms in total. The van der Waals surface area contributed by atoms with Gasteiger partial charge in [-0.2, -0.15) is 5.10 Å². The Bertz CT molecular complexity index is 732. The first-order valence-electron chi connectivity index (χ1n) is 7.46. The van der Waals surface area contributed by atoms with E-state index < -0.39 is 23.8 Å². The van der Waals surface area contributed by atoms with Crippen LogP contribution >= 0.6 is 0 Å². The molecule has 23 heavy (non-hydrogen) atoms. The van der Waals surface area contributed by atoms with E-state index in [1.165, 1.54) is 11.1 Å². The highest BCUT2D eigenvalue weighted by Crippen LogP contribution is 2.35. The van der Waals surface area contributed by atoms with Crippen LogP contribution in [-0.2, 0) is 6.54 Å². The van der Waals surface area contributed by atoms with Crippen molar-refractivity contribution in [3.05, 3.63) is 53.4 Å². The predicted octanol–water partition coefficient (Wildman–Crippen LogP) is 2.13. The number of aliphatic hydroxyl groups excluding tert-OH is 1. The third-order valence-corrected chi connectivity index (χ3v) is 4.06. The lowest BCUT2D eigenvalue weighted by Gasteiger charge is -2.24. The summed E-state index contributed by atoms with van der Waals surface area (Å²) in [5.41, 5.74) is 0.445. The minimum Gasteiger partial charge on any atom is -0.391 e. The Hall–Kier alpha value is -2.28. The third kappa shape index (κ3) is 2.96. The van der Waals surface area contributed by atoms with Gasteiger partial charge in [0.05, 0.1) is 23.9 Å². The number of aromatic nitrogens is 2. The number of hydrogen-bond acceptors (Lipinski definition) is 3. The lowest BCUT2D eigenvalue weighted by Crippen LogP contribution is -2.32. The second-order valence-electron chi connectivity index (χ2n) is 5.61. The van der Waals surface area contributed by atoms with E-state index in [9.17, 15) is 18.7 Å². The van der Waals surface area contributed by atoms with Crippen LogP contribution in [0.2, 0.25) is 0 Å².